The van der Waals surface area contributed by atoms with E-state index in [-0.39, 0.29) is 17.2 Å². The summed E-state index contributed by atoms with van der Waals surface area (Å²) >= 11 is 0. The Bertz CT molecular complexity index is 890. The van der Waals surface area contributed by atoms with Crippen LogP contribution < -0.4 is 4.74 Å². The van der Waals surface area contributed by atoms with E-state index in [1.54, 1.807) is 0 Å². The van der Waals surface area contributed by atoms with Gasteiger partial charge in [0.05, 0.1) is 23.6 Å². The van der Waals surface area contributed by atoms with Crippen LogP contribution in [0.5, 0.6) is 5.75 Å². The number of benzene rings is 1. The van der Waals surface area contributed by atoms with Crippen molar-refractivity contribution >= 4 is 11.9 Å². The minimum atomic E-state index is -0.693. The highest BCUT2D eigenvalue weighted by molar-refractivity contribution is 5.79. The Morgan fingerprint density at radius 3 is 2.48 bits per heavy atom. The second kappa shape index (κ2) is 7.54. The number of likely N-dealkylation sites (tertiary alicyclic amines) is 1. The van der Waals surface area contributed by atoms with E-state index in [0.717, 1.165) is 47.6 Å². The van der Waals surface area contributed by atoms with Crippen LogP contribution in [0.1, 0.15) is 41.8 Å². The standard InChI is InChI=1S/C22H26N2O5/c1-14-18(15(2)29-23-14)13-28-17-5-3-16(4-6-17)11-20(25)24-9-7-22(8-10-24)12-19(22)21(26)27/h3-6,19H,7-13H2,1-2H3,(H,26,27). The predicted octanol–water partition coefficient (Wildman–Crippen LogP) is 3.13. The number of nitrogens with zero attached hydrogens (tertiary/aromatic N) is 2. The molecule has 1 saturated heterocycles. The molecule has 1 aliphatic heterocycles. The highest BCUT2D eigenvalue weighted by Gasteiger charge is 2.59. The van der Waals surface area contributed by atoms with E-state index in [1.807, 2.05) is 43.0 Å². The van der Waals surface area contributed by atoms with Gasteiger partial charge in [-0.15, -0.1) is 0 Å². The zero-order valence-corrected chi connectivity index (χ0v) is 16.8. The van der Waals surface area contributed by atoms with E-state index in [4.69, 9.17) is 9.26 Å². The number of carboxylic acids is 1. The van der Waals surface area contributed by atoms with Gasteiger partial charge in [-0.1, -0.05) is 17.3 Å². The van der Waals surface area contributed by atoms with Crippen molar-refractivity contribution in [2.75, 3.05) is 13.1 Å². The molecule has 7 heteroatoms. The monoisotopic (exact) mass is 398 g/mol. The van der Waals surface area contributed by atoms with Crippen molar-refractivity contribution < 1.29 is 24.0 Å². The molecule has 29 heavy (non-hydrogen) atoms. The maximum absolute atomic E-state index is 12.6. The molecular weight excluding hydrogens is 372 g/mol. The number of hydrogen-bond donors (Lipinski definition) is 1. The molecule has 1 saturated carbocycles. The summed E-state index contributed by atoms with van der Waals surface area (Å²) in [5.41, 5.74) is 2.67. The number of aliphatic carboxylic acids is 1. The molecule has 2 aromatic rings. The molecule has 1 N–H and O–H groups in total. The Kier molecular flexibility index (Phi) is 5.06. The van der Waals surface area contributed by atoms with Gasteiger partial charge in [-0.05, 0) is 56.2 Å². The maximum Gasteiger partial charge on any atom is 0.307 e. The smallest absolute Gasteiger partial charge is 0.307 e. The van der Waals surface area contributed by atoms with Crippen molar-refractivity contribution in [1.29, 1.82) is 0 Å². The molecule has 1 amide bonds. The summed E-state index contributed by atoms with van der Waals surface area (Å²) < 4.78 is 10.9. The molecule has 1 unspecified atom stereocenters. The van der Waals surface area contributed by atoms with Crippen LogP contribution in [0.25, 0.3) is 0 Å². The Balaban J connectivity index is 1.27. The number of rotatable bonds is 6. The van der Waals surface area contributed by atoms with Gasteiger partial charge < -0.3 is 19.3 Å². The molecule has 1 atom stereocenters. The number of aryl methyl sites for hydroxylation is 2. The van der Waals surface area contributed by atoms with Crippen molar-refractivity contribution in [2.24, 2.45) is 11.3 Å². The fourth-order valence-corrected chi connectivity index (χ4v) is 4.30. The second-order valence-electron chi connectivity index (χ2n) is 8.25. The normalized spacial score (nSPS) is 19.9. The number of hydrogen-bond acceptors (Lipinski definition) is 5. The first-order chi connectivity index (χ1) is 13.9. The Labute approximate surface area is 169 Å². The lowest BCUT2D eigenvalue weighted by Gasteiger charge is -2.32. The van der Waals surface area contributed by atoms with Crippen molar-refractivity contribution in [2.45, 2.75) is 46.1 Å². The number of carboxylic acid groups (broad SMARTS) is 1. The highest BCUT2D eigenvalue weighted by Crippen LogP contribution is 2.59. The molecule has 1 aromatic heterocycles. The predicted molar refractivity (Wildman–Crippen MR) is 104 cm³/mol. The van der Waals surface area contributed by atoms with Crippen molar-refractivity contribution in [3.05, 3.63) is 46.8 Å². The fourth-order valence-electron chi connectivity index (χ4n) is 4.30. The first kappa shape index (κ1) is 19.5. The fraction of sp³-hybridized carbons (Fsp3) is 0.500. The lowest BCUT2D eigenvalue weighted by Crippen LogP contribution is -2.40. The van der Waals surface area contributed by atoms with Gasteiger partial charge in [0.25, 0.3) is 0 Å². The van der Waals surface area contributed by atoms with Crippen molar-refractivity contribution in [1.82, 2.24) is 10.1 Å². The maximum atomic E-state index is 12.6. The lowest BCUT2D eigenvalue weighted by atomic mass is 9.90. The lowest BCUT2D eigenvalue weighted by molar-refractivity contribution is -0.139. The van der Waals surface area contributed by atoms with E-state index in [1.165, 1.54) is 0 Å². The van der Waals surface area contributed by atoms with Crippen LogP contribution in [0, 0.1) is 25.2 Å². The third kappa shape index (κ3) is 3.99. The third-order valence-corrected chi connectivity index (χ3v) is 6.44. The summed E-state index contributed by atoms with van der Waals surface area (Å²) in [6, 6.07) is 7.56. The molecule has 154 valence electrons. The average molecular weight is 398 g/mol. The molecule has 0 radical (unpaired) electrons. The number of amides is 1. The summed E-state index contributed by atoms with van der Waals surface area (Å²) in [7, 11) is 0. The summed E-state index contributed by atoms with van der Waals surface area (Å²) in [6.07, 6.45) is 2.70. The number of piperidine rings is 1. The Morgan fingerprint density at radius 1 is 1.24 bits per heavy atom. The molecule has 7 nitrogen and oxygen atoms in total. The zero-order chi connectivity index (χ0) is 20.6. The highest BCUT2D eigenvalue weighted by atomic mass is 16.5. The van der Waals surface area contributed by atoms with Gasteiger partial charge in [-0.2, -0.15) is 0 Å². The summed E-state index contributed by atoms with van der Waals surface area (Å²) in [5.74, 6) is 0.680. The third-order valence-electron chi connectivity index (χ3n) is 6.44. The number of aromatic nitrogens is 1. The molecule has 2 fully saturated rings. The van der Waals surface area contributed by atoms with Crippen molar-refractivity contribution in [3.63, 3.8) is 0 Å². The minimum absolute atomic E-state index is 0.0528. The van der Waals surface area contributed by atoms with Crippen LogP contribution in [-0.4, -0.2) is 40.1 Å². The number of carbonyl (C=O) groups is 2. The van der Waals surface area contributed by atoms with Gasteiger partial charge in [-0.3, -0.25) is 9.59 Å². The Morgan fingerprint density at radius 2 is 1.93 bits per heavy atom. The largest absolute Gasteiger partial charge is 0.489 e. The van der Waals surface area contributed by atoms with E-state index in [2.05, 4.69) is 5.16 Å². The van der Waals surface area contributed by atoms with Gasteiger partial charge in [-0.25, -0.2) is 0 Å². The minimum Gasteiger partial charge on any atom is -0.489 e. The molecule has 2 heterocycles. The van der Waals surface area contributed by atoms with Crippen LogP contribution in [0.2, 0.25) is 0 Å². The van der Waals surface area contributed by atoms with E-state index in [9.17, 15) is 14.7 Å². The SMILES string of the molecule is Cc1noc(C)c1COc1ccc(CC(=O)N2CCC3(CC2)CC3C(=O)O)cc1. The molecule has 1 spiro atoms. The van der Waals surface area contributed by atoms with Gasteiger partial charge in [0.15, 0.2) is 0 Å². The van der Waals surface area contributed by atoms with Crippen LogP contribution >= 0.6 is 0 Å². The molecule has 1 aromatic carbocycles. The molecule has 4 rings (SSSR count). The quantitative estimate of drug-likeness (QED) is 0.804. The van der Waals surface area contributed by atoms with E-state index in [0.29, 0.717) is 26.1 Å². The molecule has 1 aliphatic carbocycles. The first-order valence-corrected chi connectivity index (χ1v) is 10.0. The number of ether oxygens (including phenoxy) is 1. The van der Waals surface area contributed by atoms with Crippen LogP contribution in [0.4, 0.5) is 0 Å². The van der Waals surface area contributed by atoms with Crippen molar-refractivity contribution in [3.8, 4) is 5.75 Å². The zero-order valence-electron chi connectivity index (χ0n) is 16.8. The average Bonchev–Trinajstić information content (AvgIpc) is 3.32. The summed E-state index contributed by atoms with van der Waals surface area (Å²) in [6.45, 7) is 5.45. The van der Waals surface area contributed by atoms with Crippen LogP contribution in [0.15, 0.2) is 28.8 Å². The second-order valence-corrected chi connectivity index (χ2v) is 8.25. The van der Waals surface area contributed by atoms with Gasteiger partial charge in [0, 0.05) is 13.1 Å². The van der Waals surface area contributed by atoms with Gasteiger partial charge in [0.1, 0.15) is 18.1 Å². The van der Waals surface area contributed by atoms with Gasteiger partial charge in [0.2, 0.25) is 5.91 Å². The molecular formula is C22H26N2O5. The topological polar surface area (TPSA) is 92.9 Å². The van der Waals surface area contributed by atoms with E-state index < -0.39 is 5.97 Å². The van der Waals surface area contributed by atoms with E-state index >= 15 is 0 Å². The molecule has 2 aliphatic rings. The number of carbonyl (C=O) groups excluding carboxylic acids is 1. The molecule has 0 bridgehead atoms. The summed E-state index contributed by atoms with van der Waals surface area (Å²) in [4.78, 5) is 25.6. The van der Waals surface area contributed by atoms with Crippen LogP contribution in [0.3, 0.4) is 0 Å². The summed E-state index contributed by atoms with van der Waals surface area (Å²) in [5, 5.41) is 13.1. The first-order valence-electron chi connectivity index (χ1n) is 10.0. The van der Waals surface area contributed by atoms with Crippen LogP contribution in [-0.2, 0) is 22.6 Å². The Hall–Kier alpha value is -2.83. The van der Waals surface area contributed by atoms with Gasteiger partial charge >= 0.3 is 5.97 Å².